The van der Waals surface area contributed by atoms with Gasteiger partial charge >= 0.3 is 247 Å². The molecule has 0 radical (unpaired) electrons. The van der Waals surface area contributed by atoms with E-state index in [2.05, 4.69) is 18.1 Å². The number of carbonyl (C=O) groups is 1. The Morgan fingerprint density at radius 2 is 1.73 bits per heavy atom. The predicted molar refractivity (Wildman–Crippen MR) is 230 cm³/mol. The molecule has 4 aliphatic heterocycles. The Bertz CT molecular complexity index is 1000. The Balaban J connectivity index is 0.00000159. The standard InChI is InChI=1S/C29H50FIO9.C6H10O.C3H9NO.2C2H6/c1-19-11-23(37-16-19)9-10-31(14-25(15-32)34-4)40-29(20(2)17-38-30)27-8-6-7-24(39-27)12-22(33)13-26-21(3)36-18-28(26)35-5;1-6-3-2-4-7-5-6;1-3(5)2-4;2*1-2/h20-21,23-29,32H,1,6-18H2,2-5H3;1-5H2;3,5H,2,4H2,1H3;2*1-2H3/t20?,21-,23?,24+,25+,26?,27?,28?,29?;;;;/m0..../s1. The fourth-order valence-electron chi connectivity index (χ4n) is 6.46. The number of hydrogen-bond acceptors (Lipinski definition) is 12. The topological polar surface area (TPSA) is 157 Å². The minimum Gasteiger partial charge on any atom is -0.392 e. The molecule has 4 fully saturated rings. The molecule has 0 bridgehead atoms. The molecule has 0 spiro atoms. The largest absolute Gasteiger partial charge is 0.392 e. The first-order valence-electron chi connectivity index (χ1n) is 20.8. The molecule has 0 saturated carbocycles. The molecule has 4 saturated heterocycles. The Morgan fingerprint density at radius 1 is 1.04 bits per heavy atom. The molecule has 0 aromatic carbocycles. The van der Waals surface area contributed by atoms with Crippen LogP contribution in [0.25, 0.3) is 0 Å². The molecule has 0 aliphatic carbocycles. The fourth-order valence-corrected chi connectivity index (χ4v) is 12.1. The van der Waals surface area contributed by atoms with Crippen molar-refractivity contribution in [3.8, 4) is 0 Å². The average molecular weight is 922 g/mol. The third-order valence-electron chi connectivity index (χ3n) is 9.72. The second kappa shape index (κ2) is 34.1. The monoisotopic (exact) mass is 921 g/mol. The maximum Gasteiger partial charge on any atom is 0.0634 e. The van der Waals surface area contributed by atoms with E-state index in [1.54, 1.807) is 21.1 Å². The molecule has 14 heteroatoms. The minimum atomic E-state index is -2.17. The van der Waals surface area contributed by atoms with Crippen LogP contribution in [0.4, 0.5) is 4.53 Å². The number of carbonyl (C=O) groups excluding carboxylic acids is 1. The zero-order chi connectivity index (χ0) is 42.5. The number of aliphatic hydroxyl groups is 2. The molecule has 10 atom stereocenters. The number of alkyl halides is 2. The zero-order valence-corrected chi connectivity index (χ0v) is 38.5. The van der Waals surface area contributed by atoms with Gasteiger partial charge in [-0.2, -0.15) is 0 Å². The van der Waals surface area contributed by atoms with Crippen LogP contribution in [0.2, 0.25) is 0 Å². The van der Waals surface area contributed by atoms with Gasteiger partial charge in [-0.25, -0.2) is 0 Å². The summed E-state index contributed by atoms with van der Waals surface area (Å²) < 4.78 is 55.5. The van der Waals surface area contributed by atoms with E-state index in [1.807, 2.05) is 41.5 Å². The maximum absolute atomic E-state index is 13.0. The summed E-state index contributed by atoms with van der Waals surface area (Å²) in [5.74, 6) is -0.0607. The van der Waals surface area contributed by atoms with Gasteiger partial charge in [0.1, 0.15) is 0 Å². The molecule has 4 heterocycles. The smallest absolute Gasteiger partial charge is 0.0634 e. The summed E-state index contributed by atoms with van der Waals surface area (Å²) >= 11 is -2.17. The van der Waals surface area contributed by atoms with Gasteiger partial charge < -0.3 is 15.6 Å². The molecular weight excluding hydrogens is 840 g/mol. The maximum atomic E-state index is 13.0. The molecule has 0 aromatic heterocycles. The van der Waals surface area contributed by atoms with Gasteiger partial charge in [-0.05, 0) is 19.8 Å². The fraction of sp³-hybridized carbons (Fsp3) is 0.881. The van der Waals surface area contributed by atoms with Crippen LogP contribution in [0.5, 0.6) is 0 Å². The summed E-state index contributed by atoms with van der Waals surface area (Å²) in [6.45, 7) is 24.4. The van der Waals surface area contributed by atoms with Crippen molar-refractivity contribution in [2.75, 3.05) is 69.3 Å². The summed E-state index contributed by atoms with van der Waals surface area (Å²) in [4.78, 5) is 17.1. The van der Waals surface area contributed by atoms with Crippen LogP contribution >= 0.6 is 20.2 Å². The summed E-state index contributed by atoms with van der Waals surface area (Å²) in [6, 6.07) is 0. The molecule has 56 heavy (non-hydrogen) atoms. The number of nitrogens with two attached hydrogens (primary N) is 1. The summed E-state index contributed by atoms with van der Waals surface area (Å²) in [7, 11) is 3.25. The van der Waals surface area contributed by atoms with Crippen LogP contribution in [0.3, 0.4) is 0 Å². The predicted octanol–water partition coefficient (Wildman–Crippen LogP) is 7.14. The van der Waals surface area contributed by atoms with E-state index in [0.717, 1.165) is 55.3 Å². The summed E-state index contributed by atoms with van der Waals surface area (Å²) in [5, 5.41) is 18.0. The van der Waals surface area contributed by atoms with E-state index in [1.165, 1.54) is 18.4 Å². The van der Waals surface area contributed by atoms with Gasteiger partial charge in [0.2, 0.25) is 0 Å². The molecule has 12 nitrogen and oxygen atoms in total. The first kappa shape index (κ1) is 55.4. The minimum absolute atomic E-state index is 0.0154. The third-order valence-corrected chi connectivity index (χ3v) is 14.8. The van der Waals surface area contributed by atoms with Gasteiger partial charge in [-0.15, -0.1) is 0 Å². The summed E-state index contributed by atoms with van der Waals surface area (Å²) in [6.07, 6.45) is 5.78. The molecular formula is C42H81FINO11. The first-order chi connectivity index (χ1) is 26.9. The van der Waals surface area contributed by atoms with Gasteiger partial charge in [0.05, 0.1) is 12.7 Å². The molecule has 4 rings (SSSR count). The van der Waals surface area contributed by atoms with Crippen LogP contribution in [0.15, 0.2) is 24.3 Å². The van der Waals surface area contributed by atoms with Gasteiger partial charge in [-0.3, -0.25) is 0 Å². The van der Waals surface area contributed by atoms with Crippen molar-refractivity contribution in [3.63, 3.8) is 0 Å². The van der Waals surface area contributed by atoms with Crippen molar-refractivity contribution in [2.24, 2.45) is 17.6 Å². The van der Waals surface area contributed by atoms with E-state index in [9.17, 15) is 14.4 Å². The molecule has 7 unspecified atom stereocenters. The van der Waals surface area contributed by atoms with Crippen LogP contribution < -0.4 is 5.73 Å². The van der Waals surface area contributed by atoms with Crippen molar-refractivity contribution in [1.29, 1.82) is 0 Å². The quantitative estimate of drug-likeness (QED) is 0.0685. The van der Waals surface area contributed by atoms with Crippen LogP contribution in [-0.2, 0) is 41.2 Å². The third kappa shape index (κ3) is 23.2. The number of ketones is 1. The van der Waals surface area contributed by atoms with E-state index in [4.69, 9.17) is 42.3 Å². The van der Waals surface area contributed by atoms with Gasteiger partial charge in [-0.1, -0.05) is 39.8 Å². The number of aliphatic hydroxyl groups excluding tert-OH is 2. The van der Waals surface area contributed by atoms with Crippen molar-refractivity contribution in [3.05, 3.63) is 24.3 Å². The SMILES string of the molecule is C=C1CCCOC1.C=C1COC(CCI(C[C@H](CO)OC)OC(C(C)COF)C2CCC[C@H](CC(=O)CC3C(OC)CO[C@H]3C)O2)C1.CC.CC.CC(O)CN. The average Bonchev–Trinajstić information content (AvgIpc) is 3.80. The van der Waals surface area contributed by atoms with Crippen molar-refractivity contribution >= 4 is 26.0 Å². The van der Waals surface area contributed by atoms with Crippen LogP contribution in [-0.4, -0.2) is 134 Å². The van der Waals surface area contributed by atoms with Crippen LogP contribution in [0, 0.1) is 11.8 Å². The Labute approximate surface area is 346 Å². The number of halogens is 2. The van der Waals surface area contributed by atoms with Crippen LogP contribution in [0.1, 0.15) is 106 Å². The second-order valence-corrected chi connectivity index (χ2v) is 19.2. The zero-order valence-electron chi connectivity index (χ0n) is 36.3. The Kier molecular flexibility index (Phi) is 33.7. The second-order valence-electron chi connectivity index (χ2n) is 14.4. The number of ether oxygens (including phenoxy) is 6. The van der Waals surface area contributed by atoms with E-state index >= 15 is 0 Å². The van der Waals surface area contributed by atoms with E-state index < -0.39 is 20.2 Å². The van der Waals surface area contributed by atoms with Gasteiger partial charge in [0, 0.05) is 13.2 Å². The van der Waals surface area contributed by atoms with Crippen molar-refractivity contribution in [1.82, 2.24) is 0 Å². The normalized spacial score (nSPS) is 27.1. The van der Waals surface area contributed by atoms with Crippen molar-refractivity contribution in [2.45, 2.75) is 155 Å². The number of methoxy groups -OCH3 is 2. The summed E-state index contributed by atoms with van der Waals surface area (Å²) in [5.41, 5.74) is 7.27. The number of Topliss-reactive ketones (excluding diaryl/α,β-unsaturated/α-hetero) is 1. The first-order valence-corrected chi connectivity index (χ1v) is 24.8. The molecule has 4 aliphatic rings. The molecule has 4 N–H and O–H groups in total. The van der Waals surface area contributed by atoms with Gasteiger partial charge in [0.25, 0.3) is 0 Å². The Hall–Kier alpha value is -0.630. The molecule has 0 amide bonds. The van der Waals surface area contributed by atoms with Gasteiger partial charge in [0.15, 0.2) is 0 Å². The number of rotatable bonds is 19. The number of hydrogen-bond donors (Lipinski definition) is 3. The van der Waals surface area contributed by atoms with E-state index in [0.29, 0.717) is 37.0 Å². The van der Waals surface area contributed by atoms with Crippen molar-refractivity contribution < 1.29 is 56.0 Å². The molecule has 334 valence electrons. The van der Waals surface area contributed by atoms with E-state index in [-0.39, 0.29) is 79.7 Å². The molecule has 0 aromatic rings. The Morgan fingerprint density at radius 3 is 2.23 bits per heavy atom.